The number of rotatable bonds is 2. The number of guanidine groups is 1. The first-order valence-corrected chi connectivity index (χ1v) is 7.79. The fourth-order valence-electron chi connectivity index (χ4n) is 2.51. The summed E-state index contributed by atoms with van der Waals surface area (Å²) >= 11 is 0. The van der Waals surface area contributed by atoms with E-state index in [9.17, 15) is 22.8 Å². The minimum atomic E-state index is -4.63. The third-order valence-electron chi connectivity index (χ3n) is 3.98. The minimum Gasteiger partial charge on any atom is -0.369 e. The molecule has 3 N–H and O–H groups in total. The Morgan fingerprint density at radius 1 is 1.33 bits per heavy atom. The average Bonchev–Trinajstić information content (AvgIpc) is 3.10. The zero-order valence-corrected chi connectivity index (χ0v) is 14.1. The lowest BCUT2D eigenvalue weighted by atomic mass is 10.0. The van der Waals surface area contributed by atoms with E-state index in [1.54, 1.807) is 24.3 Å². The number of carbonyl (C=O) groups excluding carboxylic acids is 2. The Bertz CT molecular complexity index is 921. The maximum Gasteiger partial charge on any atom is 0.435 e. The van der Waals surface area contributed by atoms with Crippen LogP contribution in [0.25, 0.3) is 0 Å². The van der Waals surface area contributed by atoms with Crippen molar-refractivity contribution >= 4 is 23.6 Å². The molecule has 1 aromatic heterocycles. The number of carbonyl (C=O) groups is 2. The van der Waals surface area contributed by atoms with E-state index >= 15 is 0 Å². The summed E-state index contributed by atoms with van der Waals surface area (Å²) in [6.45, 7) is 0. The zero-order valence-electron chi connectivity index (χ0n) is 14.1. The number of halogens is 3. The summed E-state index contributed by atoms with van der Waals surface area (Å²) in [6, 6.07) is 5.82. The quantitative estimate of drug-likeness (QED) is 0.833. The highest BCUT2D eigenvalue weighted by Crippen LogP contribution is 2.28. The normalized spacial score (nSPS) is 17.6. The molecule has 1 aromatic carbocycles. The number of aromatic nitrogens is 2. The van der Waals surface area contributed by atoms with E-state index in [0.717, 1.165) is 6.20 Å². The van der Waals surface area contributed by atoms with Crippen LogP contribution in [-0.4, -0.2) is 39.6 Å². The molecule has 0 saturated heterocycles. The van der Waals surface area contributed by atoms with Crippen LogP contribution >= 0.6 is 0 Å². The highest BCUT2D eigenvalue weighted by atomic mass is 19.4. The van der Waals surface area contributed by atoms with Gasteiger partial charge in [-0.15, -0.1) is 0 Å². The average molecular weight is 380 g/mol. The molecular formula is C16H15F3N6O2. The molecule has 0 saturated carbocycles. The first-order chi connectivity index (χ1) is 12.6. The van der Waals surface area contributed by atoms with Gasteiger partial charge in [-0.25, -0.2) is 9.79 Å². The van der Waals surface area contributed by atoms with Crippen LogP contribution < -0.4 is 11.1 Å². The fourth-order valence-corrected chi connectivity index (χ4v) is 2.51. The summed E-state index contributed by atoms with van der Waals surface area (Å²) in [5.74, 6) is -0.111. The van der Waals surface area contributed by atoms with Crippen molar-refractivity contribution in [1.82, 2.24) is 14.7 Å². The van der Waals surface area contributed by atoms with E-state index in [-0.39, 0.29) is 18.3 Å². The van der Waals surface area contributed by atoms with Crippen molar-refractivity contribution in [2.45, 2.75) is 18.6 Å². The molecule has 2 heterocycles. The number of alkyl halides is 3. The maximum absolute atomic E-state index is 12.6. The first kappa shape index (κ1) is 18.4. The fraction of sp³-hybridized carbons (Fsp3) is 0.250. The van der Waals surface area contributed by atoms with Crippen molar-refractivity contribution < 1.29 is 22.8 Å². The van der Waals surface area contributed by atoms with Crippen LogP contribution in [0.5, 0.6) is 0 Å². The number of aliphatic imine (C=N–C) groups is 1. The summed E-state index contributed by atoms with van der Waals surface area (Å²) in [6.07, 6.45) is -3.60. The Kier molecular flexibility index (Phi) is 4.60. The molecule has 2 aromatic rings. The highest BCUT2D eigenvalue weighted by molar-refractivity contribution is 5.98. The zero-order chi connectivity index (χ0) is 19.8. The van der Waals surface area contributed by atoms with E-state index in [2.05, 4.69) is 15.4 Å². The van der Waals surface area contributed by atoms with Crippen molar-refractivity contribution in [2.75, 3.05) is 12.4 Å². The number of hydrogen-bond donors (Lipinski definition) is 2. The molecule has 11 heteroatoms. The van der Waals surface area contributed by atoms with Crippen molar-refractivity contribution in [3.05, 3.63) is 47.8 Å². The molecule has 2 amide bonds. The summed E-state index contributed by atoms with van der Waals surface area (Å²) in [4.78, 5) is 29.5. The number of anilines is 1. The summed E-state index contributed by atoms with van der Waals surface area (Å²) in [7, 11) is 1.52. The topological polar surface area (TPSA) is 106 Å². The van der Waals surface area contributed by atoms with Gasteiger partial charge in [-0.1, -0.05) is 12.1 Å². The first-order valence-electron chi connectivity index (χ1n) is 7.79. The van der Waals surface area contributed by atoms with Gasteiger partial charge in [-0.05, 0) is 23.8 Å². The van der Waals surface area contributed by atoms with Gasteiger partial charge in [-0.3, -0.25) is 9.69 Å². The third kappa shape index (κ3) is 3.91. The van der Waals surface area contributed by atoms with E-state index in [4.69, 9.17) is 5.73 Å². The predicted molar refractivity (Wildman–Crippen MR) is 89.8 cm³/mol. The van der Waals surface area contributed by atoms with Crippen molar-refractivity contribution in [1.29, 1.82) is 0 Å². The Labute approximate surface area is 151 Å². The van der Waals surface area contributed by atoms with Gasteiger partial charge in [0.15, 0.2) is 11.7 Å². The molecule has 0 aliphatic carbocycles. The second-order valence-electron chi connectivity index (χ2n) is 5.86. The van der Waals surface area contributed by atoms with Crippen LogP contribution in [0, 0.1) is 0 Å². The summed E-state index contributed by atoms with van der Waals surface area (Å²) in [5.41, 5.74) is 5.50. The van der Waals surface area contributed by atoms with E-state index < -0.39 is 23.9 Å². The van der Waals surface area contributed by atoms with Gasteiger partial charge < -0.3 is 11.1 Å². The molecule has 1 aliphatic heterocycles. The summed E-state index contributed by atoms with van der Waals surface area (Å²) in [5, 5.41) is 5.66. The van der Waals surface area contributed by atoms with Gasteiger partial charge in [0.2, 0.25) is 5.91 Å². The maximum atomic E-state index is 12.6. The van der Waals surface area contributed by atoms with Gasteiger partial charge in [0.1, 0.15) is 0 Å². The standard InChI is InChI=1S/C16H15F3N6O2/c1-24-13(26)8-11(22-14(24)20)9-3-2-4-10(7-9)21-15(27)25-6-5-12(23-25)16(17,18)19/h2-7,11H,8H2,1H3,(H2,20,22)(H,21,27). The molecule has 1 atom stereocenters. The van der Waals surface area contributed by atoms with E-state index in [1.807, 2.05) is 0 Å². The molecule has 1 unspecified atom stereocenters. The van der Waals surface area contributed by atoms with Gasteiger partial charge in [0.05, 0.1) is 12.5 Å². The number of amides is 2. The number of nitrogens with one attached hydrogen (secondary N) is 1. The number of nitrogens with zero attached hydrogens (tertiary/aromatic N) is 4. The largest absolute Gasteiger partial charge is 0.435 e. The molecule has 0 bridgehead atoms. The molecule has 3 rings (SSSR count). The number of nitrogens with two attached hydrogens (primary N) is 1. The van der Waals surface area contributed by atoms with Gasteiger partial charge in [0, 0.05) is 18.9 Å². The van der Waals surface area contributed by atoms with Gasteiger partial charge in [0.25, 0.3) is 0 Å². The summed E-state index contributed by atoms with van der Waals surface area (Å²) < 4.78 is 38.3. The van der Waals surface area contributed by atoms with E-state index in [1.165, 1.54) is 11.9 Å². The van der Waals surface area contributed by atoms with Crippen molar-refractivity contribution in [3.8, 4) is 0 Å². The van der Waals surface area contributed by atoms with Gasteiger partial charge >= 0.3 is 12.2 Å². The van der Waals surface area contributed by atoms with Crippen LogP contribution in [0.3, 0.4) is 0 Å². The molecule has 0 spiro atoms. The molecule has 1 aliphatic rings. The van der Waals surface area contributed by atoms with Crippen LogP contribution in [-0.2, 0) is 11.0 Å². The molecule has 0 radical (unpaired) electrons. The van der Waals surface area contributed by atoms with Crippen LogP contribution in [0.4, 0.5) is 23.7 Å². The monoisotopic (exact) mass is 380 g/mol. The second-order valence-corrected chi connectivity index (χ2v) is 5.86. The lowest BCUT2D eigenvalue weighted by Crippen LogP contribution is -2.42. The molecule has 8 nitrogen and oxygen atoms in total. The Hall–Kier alpha value is -3.37. The van der Waals surface area contributed by atoms with Crippen LogP contribution in [0.2, 0.25) is 0 Å². The molecule has 142 valence electrons. The Morgan fingerprint density at radius 3 is 2.70 bits per heavy atom. The highest BCUT2D eigenvalue weighted by Gasteiger charge is 2.34. The van der Waals surface area contributed by atoms with Crippen molar-refractivity contribution in [2.24, 2.45) is 10.7 Å². The van der Waals surface area contributed by atoms with Crippen molar-refractivity contribution in [3.63, 3.8) is 0 Å². The lowest BCUT2D eigenvalue weighted by Gasteiger charge is -2.25. The number of hydrogen-bond acceptors (Lipinski definition) is 5. The van der Waals surface area contributed by atoms with Crippen LogP contribution in [0.1, 0.15) is 23.7 Å². The van der Waals surface area contributed by atoms with Gasteiger partial charge in [-0.2, -0.15) is 23.0 Å². The molecule has 27 heavy (non-hydrogen) atoms. The Morgan fingerprint density at radius 2 is 2.07 bits per heavy atom. The third-order valence-corrected chi connectivity index (χ3v) is 3.98. The SMILES string of the molecule is CN1C(=O)CC(c2cccc(NC(=O)n3ccc(C(F)(F)F)n3)c2)N=C1N. The van der Waals surface area contributed by atoms with Crippen LogP contribution in [0.15, 0.2) is 41.5 Å². The second kappa shape index (κ2) is 6.74. The molecule has 0 fully saturated rings. The smallest absolute Gasteiger partial charge is 0.369 e. The minimum absolute atomic E-state index is 0.0851. The van der Waals surface area contributed by atoms with E-state index in [0.29, 0.717) is 22.0 Å². The predicted octanol–water partition coefficient (Wildman–Crippen LogP) is 2.20. The Balaban J connectivity index is 1.77. The molecular weight excluding hydrogens is 365 g/mol. The lowest BCUT2D eigenvalue weighted by molar-refractivity contribution is -0.141. The number of benzene rings is 1.